The quantitative estimate of drug-likeness (QED) is 0.886. The van der Waals surface area contributed by atoms with Crippen molar-refractivity contribution in [2.24, 2.45) is 0 Å². The Morgan fingerprint density at radius 3 is 2.71 bits per heavy atom. The molecule has 2 aromatic carbocycles. The Labute approximate surface area is 165 Å². The monoisotopic (exact) mass is 378 g/mol. The van der Waals surface area contributed by atoms with E-state index in [9.17, 15) is 9.59 Å². The second-order valence-corrected chi connectivity index (χ2v) is 7.47. The number of carbonyl (C=O) groups is 2. The van der Waals surface area contributed by atoms with Crippen LogP contribution in [0.2, 0.25) is 0 Å². The molecule has 5 heteroatoms. The van der Waals surface area contributed by atoms with Gasteiger partial charge in [-0.1, -0.05) is 25.1 Å². The smallest absolute Gasteiger partial charge is 0.262 e. The number of anilines is 1. The van der Waals surface area contributed by atoms with E-state index in [0.29, 0.717) is 23.5 Å². The molecule has 0 saturated carbocycles. The lowest BCUT2D eigenvalue weighted by atomic mass is 9.90. The molecule has 0 bridgehead atoms. The second-order valence-electron chi connectivity index (χ2n) is 7.47. The van der Waals surface area contributed by atoms with Gasteiger partial charge in [0, 0.05) is 12.1 Å². The van der Waals surface area contributed by atoms with Crippen LogP contribution in [0.25, 0.3) is 0 Å². The predicted octanol–water partition coefficient (Wildman–Crippen LogP) is 3.50. The van der Waals surface area contributed by atoms with Gasteiger partial charge in [0.15, 0.2) is 6.10 Å². The van der Waals surface area contributed by atoms with Gasteiger partial charge in [0.25, 0.3) is 11.8 Å². The van der Waals surface area contributed by atoms with Gasteiger partial charge in [-0.3, -0.25) is 9.59 Å². The molecule has 2 aromatic rings. The number of amides is 2. The number of nitrogens with one attached hydrogen (secondary N) is 1. The van der Waals surface area contributed by atoms with Gasteiger partial charge in [0.05, 0.1) is 12.2 Å². The van der Waals surface area contributed by atoms with Gasteiger partial charge in [-0.15, -0.1) is 0 Å². The molecule has 0 aromatic heterocycles. The molecule has 1 heterocycles. The molecule has 146 valence electrons. The molecule has 1 atom stereocenters. The molecule has 0 unspecified atom stereocenters. The van der Waals surface area contributed by atoms with E-state index in [1.54, 1.807) is 4.90 Å². The highest BCUT2D eigenvalue weighted by atomic mass is 16.5. The summed E-state index contributed by atoms with van der Waals surface area (Å²) in [5.74, 6) is 0.300. The number of nitrogens with zero attached hydrogens (tertiary/aromatic N) is 1. The summed E-state index contributed by atoms with van der Waals surface area (Å²) in [6.07, 6.45) is 4.65. The summed E-state index contributed by atoms with van der Waals surface area (Å²) >= 11 is 0. The van der Waals surface area contributed by atoms with E-state index in [-0.39, 0.29) is 18.4 Å². The van der Waals surface area contributed by atoms with Crippen LogP contribution < -0.4 is 15.0 Å². The van der Waals surface area contributed by atoms with E-state index in [1.165, 1.54) is 24.0 Å². The van der Waals surface area contributed by atoms with E-state index < -0.39 is 6.10 Å². The van der Waals surface area contributed by atoms with E-state index in [1.807, 2.05) is 43.3 Å². The van der Waals surface area contributed by atoms with Crippen molar-refractivity contribution in [2.45, 2.75) is 45.1 Å². The summed E-state index contributed by atoms with van der Waals surface area (Å²) in [7, 11) is 0. The van der Waals surface area contributed by atoms with Gasteiger partial charge in [0.2, 0.25) is 0 Å². The fourth-order valence-electron chi connectivity index (χ4n) is 3.95. The third-order valence-electron chi connectivity index (χ3n) is 5.46. The Balaban J connectivity index is 1.63. The van der Waals surface area contributed by atoms with Gasteiger partial charge in [0.1, 0.15) is 5.75 Å². The maximum atomic E-state index is 13.4. The van der Waals surface area contributed by atoms with E-state index >= 15 is 0 Å². The number of ether oxygens (including phenoxy) is 1. The largest absolute Gasteiger partial charge is 0.477 e. The number of rotatable bonds is 4. The molecule has 1 N–H and O–H groups in total. The highest BCUT2D eigenvalue weighted by Gasteiger charge is 2.34. The number of carbonyl (C=O) groups excluding carboxylic acids is 2. The zero-order chi connectivity index (χ0) is 19.5. The first-order valence-electron chi connectivity index (χ1n) is 10.1. The molecule has 28 heavy (non-hydrogen) atoms. The van der Waals surface area contributed by atoms with Gasteiger partial charge < -0.3 is 15.0 Å². The van der Waals surface area contributed by atoms with E-state index in [2.05, 4.69) is 11.4 Å². The molecule has 4 rings (SSSR count). The number of hydrogen-bond acceptors (Lipinski definition) is 3. The maximum absolute atomic E-state index is 13.4. The van der Waals surface area contributed by atoms with Crippen LogP contribution in [0, 0.1) is 0 Å². The molecule has 0 saturated heterocycles. The Hall–Kier alpha value is -2.82. The van der Waals surface area contributed by atoms with Crippen LogP contribution in [0.3, 0.4) is 0 Å². The van der Waals surface area contributed by atoms with Gasteiger partial charge in [-0.2, -0.15) is 0 Å². The third kappa shape index (κ3) is 3.61. The maximum Gasteiger partial charge on any atom is 0.262 e. The van der Waals surface area contributed by atoms with Crippen LogP contribution in [0.1, 0.15) is 47.7 Å². The summed E-state index contributed by atoms with van der Waals surface area (Å²) in [5, 5.41) is 2.87. The van der Waals surface area contributed by atoms with Crippen molar-refractivity contribution in [3.8, 4) is 5.75 Å². The molecule has 1 aliphatic heterocycles. The van der Waals surface area contributed by atoms with E-state index in [4.69, 9.17) is 4.74 Å². The summed E-state index contributed by atoms with van der Waals surface area (Å²) in [6.45, 7) is 2.81. The molecule has 5 nitrogen and oxygen atoms in total. The highest BCUT2D eigenvalue weighted by Crippen LogP contribution is 2.34. The average Bonchev–Trinajstić information content (AvgIpc) is 2.75. The molecular formula is C23H26N2O3. The number of para-hydroxylation sites is 2. The van der Waals surface area contributed by atoms with Crippen molar-refractivity contribution in [1.82, 2.24) is 5.32 Å². The summed E-state index contributed by atoms with van der Waals surface area (Å²) in [5.41, 5.74) is 4.01. The first kappa shape index (κ1) is 18.5. The lowest BCUT2D eigenvalue weighted by molar-refractivity contribution is -0.127. The lowest BCUT2D eigenvalue weighted by Gasteiger charge is -2.34. The van der Waals surface area contributed by atoms with Crippen LogP contribution in [0.15, 0.2) is 42.5 Å². The Morgan fingerprint density at radius 2 is 1.89 bits per heavy atom. The Morgan fingerprint density at radius 1 is 1.11 bits per heavy atom. The first-order valence-corrected chi connectivity index (χ1v) is 10.1. The van der Waals surface area contributed by atoms with Crippen molar-refractivity contribution in [3.63, 3.8) is 0 Å². The summed E-state index contributed by atoms with van der Waals surface area (Å²) in [6, 6.07) is 13.4. The molecule has 2 aliphatic rings. The van der Waals surface area contributed by atoms with Crippen molar-refractivity contribution in [3.05, 3.63) is 59.2 Å². The standard InChI is InChI=1S/C23H26N2O3/c1-2-13-24-22(26)21-15-25(19-9-5-6-10-20(19)28-21)23(27)18-12-11-16-7-3-4-8-17(16)14-18/h5-6,9-12,14,21H,2-4,7-8,13,15H2,1H3,(H,24,26)/t21-/m1/s1. The Kier molecular flexibility index (Phi) is 5.33. The minimum atomic E-state index is -0.706. The van der Waals surface area contributed by atoms with Crippen molar-refractivity contribution in [1.29, 1.82) is 0 Å². The van der Waals surface area contributed by atoms with Crippen LogP contribution in [-0.2, 0) is 17.6 Å². The molecule has 0 spiro atoms. The SMILES string of the molecule is CCCNC(=O)[C@H]1CN(C(=O)c2ccc3c(c2)CCCC3)c2ccccc2O1. The number of hydrogen-bond donors (Lipinski definition) is 1. The zero-order valence-electron chi connectivity index (χ0n) is 16.2. The Bertz CT molecular complexity index is 893. The minimum absolute atomic E-state index is 0.0857. The summed E-state index contributed by atoms with van der Waals surface area (Å²) < 4.78 is 5.89. The average molecular weight is 378 g/mol. The number of aryl methyl sites for hydroxylation is 2. The van der Waals surface area contributed by atoms with Crippen LogP contribution in [0.5, 0.6) is 5.75 Å². The second kappa shape index (κ2) is 8.05. The van der Waals surface area contributed by atoms with Crippen molar-refractivity contribution < 1.29 is 14.3 Å². The zero-order valence-corrected chi connectivity index (χ0v) is 16.2. The molecule has 0 fully saturated rings. The lowest BCUT2D eigenvalue weighted by Crippen LogP contribution is -2.50. The normalized spacial score (nSPS) is 17.9. The van der Waals surface area contributed by atoms with Gasteiger partial charge in [-0.05, 0) is 67.5 Å². The number of fused-ring (bicyclic) bond motifs is 2. The molecule has 1 aliphatic carbocycles. The topological polar surface area (TPSA) is 58.6 Å². The fourth-order valence-corrected chi connectivity index (χ4v) is 3.95. The van der Waals surface area contributed by atoms with Gasteiger partial charge >= 0.3 is 0 Å². The molecule has 2 amide bonds. The predicted molar refractivity (Wildman–Crippen MR) is 109 cm³/mol. The minimum Gasteiger partial charge on any atom is -0.477 e. The molecular weight excluding hydrogens is 352 g/mol. The number of benzene rings is 2. The van der Waals surface area contributed by atoms with Crippen LogP contribution in [0.4, 0.5) is 5.69 Å². The highest BCUT2D eigenvalue weighted by molar-refractivity contribution is 6.08. The van der Waals surface area contributed by atoms with Crippen LogP contribution in [-0.4, -0.2) is 31.0 Å². The van der Waals surface area contributed by atoms with Gasteiger partial charge in [-0.25, -0.2) is 0 Å². The fraction of sp³-hybridized carbons (Fsp3) is 0.391. The van der Waals surface area contributed by atoms with E-state index in [0.717, 1.165) is 19.3 Å². The summed E-state index contributed by atoms with van der Waals surface area (Å²) in [4.78, 5) is 27.5. The van der Waals surface area contributed by atoms with Crippen molar-refractivity contribution >= 4 is 17.5 Å². The van der Waals surface area contributed by atoms with Crippen molar-refractivity contribution in [2.75, 3.05) is 18.0 Å². The molecule has 0 radical (unpaired) electrons. The van der Waals surface area contributed by atoms with Crippen LogP contribution >= 0.6 is 0 Å². The third-order valence-corrected chi connectivity index (χ3v) is 5.46. The first-order chi connectivity index (χ1) is 13.7.